The summed E-state index contributed by atoms with van der Waals surface area (Å²) in [6.45, 7) is 8.98. The van der Waals surface area contributed by atoms with Gasteiger partial charge < -0.3 is 9.73 Å². The first kappa shape index (κ1) is 11.1. The third kappa shape index (κ3) is 4.28. The highest BCUT2D eigenvalue weighted by atomic mass is 16.3. The highest BCUT2D eigenvalue weighted by Crippen LogP contribution is 2.05. The van der Waals surface area contributed by atoms with Crippen LogP contribution in [-0.4, -0.2) is 12.6 Å². The van der Waals surface area contributed by atoms with Gasteiger partial charge in [-0.05, 0) is 32.4 Å². The minimum Gasteiger partial charge on any atom is -0.469 e. The molecule has 0 aliphatic carbocycles. The molecule has 0 bridgehead atoms. The molecule has 2 nitrogen and oxygen atoms in total. The maximum atomic E-state index is 5.26. The zero-order chi connectivity index (χ0) is 10.4. The number of hydrogen-bond donors (Lipinski definition) is 1. The molecule has 0 saturated carbocycles. The molecule has 2 heteroatoms. The van der Waals surface area contributed by atoms with Crippen LogP contribution in [0.3, 0.4) is 0 Å². The van der Waals surface area contributed by atoms with Crippen LogP contribution in [0, 0.1) is 0 Å². The van der Waals surface area contributed by atoms with Gasteiger partial charge in [-0.25, -0.2) is 0 Å². The van der Waals surface area contributed by atoms with Crippen molar-refractivity contribution >= 4 is 0 Å². The van der Waals surface area contributed by atoms with E-state index in [9.17, 15) is 0 Å². The maximum Gasteiger partial charge on any atom is 0.103 e. The molecule has 0 amide bonds. The Bertz CT molecular complexity index is 264. The van der Waals surface area contributed by atoms with E-state index in [0.717, 1.165) is 25.1 Å². The molecule has 0 aliphatic heterocycles. The average Bonchev–Trinajstić information content (AvgIpc) is 2.63. The van der Waals surface area contributed by atoms with Crippen LogP contribution in [0.4, 0.5) is 0 Å². The number of aryl methyl sites for hydroxylation is 1. The van der Waals surface area contributed by atoms with Crippen LogP contribution in [0.15, 0.2) is 35.0 Å². The molecule has 1 atom stereocenters. The third-order valence-electron chi connectivity index (χ3n) is 2.16. The molecule has 0 spiro atoms. The maximum absolute atomic E-state index is 5.26. The SMILES string of the molecule is C=C(C)CNC(C)CCc1ccco1. The minimum absolute atomic E-state index is 0.511. The summed E-state index contributed by atoms with van der Waals surface area (Å²) >= 11 is 0. The summed E-state index contributed by atoms with van der Waals surface area (Å²) in [5.41, 5.74) is 1.18. The molecule has 1 heterocycles. The molecule has 0 aliphatic rings. The Balaban J connectivity index is 2.15. The third-order valence-corrected chi connectivity index (χ3v) is 2.16. The molecular formula is C12H19NO. The molecule has 1 aromatic heterocycles. The summed E-state index contributed by atoms with van der Waals surface area (Å²) in [5, 5.41) is 3.40. The van der Waals surface area contributed by atoms with Crippen LogP contribution < -0.4 is 5.32 Å². The van der Waals surface area contributed by atoms with Crippen molar-refractivity contribution in [1.82, 2.24) is 5.32 Å². The Labute approximate surface area is 86.0 Å². The summed E-state index contributed by atoms with van der Waals surface area (Å²) in [6.07, 6.45) is 3.82. The first-order chi connectivity index (χ1) is 6.68. The zero-order valence-corrected chi connectivity index (χ0v) is 9.05. The largest absolute Gasteiger partial charge is 0.469 e. The Morgan fingerprint density at radius 3 is 3.00 bits per heavy atom. The molecule has 1 unspecified atom stereocenters. The molecule has 14 heavy (non-hydrogen) atoms. The summed E-state index contributed by atoms with van der Waals surface area (Å²) in [6, 6.07) is 4.46. The van der Waals surface area contributed by atoms with E-state index in [0.29, 0.717) is 6.04 Å². The van der Waals surface area contributed by atoms with Gasteiger partial charge in [0.1, 0.15) is 5.76 Å². The molecule has 0 aromatic carbocycles. The van der Waals surface area contributed by atoms with Crippen LogP contribution in [0.1, 0.15) is 26.0 Å². The number of nitrogens with one attached hydrogen (secondary N) is 1. The van der Waals surface area contributed by atoms with Crippen LogP contribution >= 0.6 is 0 Å². The lowest BCUT2D eigenvalue weighted by atomic mass is 10.1. The second-order valence-electron chi connectivity index (χ2n) is 3.86. The summed E-state index contributed by atoms with van der Waals surface area (Å²) in [5.74, 6) is 1.06. The van der Waals surface area contributed by atoms with E-state index in [2.05, 4.69) is 18.8 Å². The van der Waals surface area contributed by atoms with E-state index < -0.39 is 0 Å². The van der Waals surface area contributed by atoms with Crippen molar-refractivity contribution in [2.45, 2.75) is 32.7 Å². The standard InChI is InChI=1S/C12H19NO/c1-10(2)9-13-11(3)6-7-12-5-4-8-14-12/h4-5,8,11,13H,1,6-7,9H2,2-3H3. The van der Waals surface area contributed by atoms with Gasteiger partial charge in [-0.15, -0.1) is 0 Å². The van der Waals surface area contributed by atoms with Crippen molar-refractivity contribution in [3.05, 3.63) is 36.3 Å². The lowest BCUT2D eigenvalue weighted by Gasteiger charge is -2.12. The van der Waals surface area contributed by atoms with Crippen molar-refractivity contribution in [3.63, 3.8) is 0 Å². The highest BCUT2D eigenvalue weighted by molar-refractivity contribution is 4.98. The predicted octanol–water partition coefficient (Wildman–Crippen LogP) is 2.77. The average molecular weight is 193 g/mol. The normalized spacial score (nSPS) is 12.7. The lowest BCUT2D eigenvalue weighted by molar-refractivity contribution is 0.468. The second-order valence-corrected chi connectivity index (χ2v) is 3.86. The fourth-order valence-corrected chi connectivity index (χ4v) is 1.26. The van der Waals surface area contributed by atoms with E-state index in [1.54, 1.807) is 6.26 Å². The van der Waals surface area contributed by atoms with Crippen molar-refractivity contribution in [2.75, 3.05) is 6.54 Å². The first-order valence-corrected chi connectivity index (χ1v) is 5.08. The van der Waals surface area contributed by atoms with Gasteiger partial charge in [0.05, 0.1) is 6.26 Å². The number of rotatable bonds is 6. The summed E-state index contributed by atoms with van der Waals surface area (Å²) in [4.78, 5) is 0. The van der Waals surface area contributed by atoms with E-state index in [1.807, 2.05) is 19.1 Å². The zero-order valence-electron chi connectivity index (χ0n) is 9.05. The van der Waals surface area contributed by atoms with Gasteiger partial charge in [-0.1, -0.05) is 12.2 Å². The van der Waals surface area contributed by atoms with E-state index in [-0.39, 0.29) is 0 Å². The second kappa shape index (κ2) is 5.66. The van der Waals surface area contributed by atoms with Gasteiger partial charge >= 0.3 is 0 Å². The molecule has 0 fully saturated rings. The van der Waals surface area contributed by atoms with E-state index in [4.69, 9.17) is 4.42 Å². The minimum atomic E-state index is 0.511. The smallest absolute Gasteiger partial charge is 0.103 e. The van der Waals surface area contributed by atoms with Crippen LogP contribution in [-0.2, 0) is 6.42 Å². The Hall–Kier alpha value is -1.02. The van der Waals surface area contributed by atoms with Gasteiger partial charge in [0.25, 0.3) is 0 Å². The van der Waals surface area contributed by atoms with Gasteiger partial charge in [-0.3, -0.25) is 0 Å². The molecule has 1 aromatic rings. The van der Waals surface area contributed by atoms with Crippen LogP contribution in [0.5, 0.6) is 0 Å². The van der Waals surface area contributed by atoms with Crippen molar-refractivity contribution in [3.8, 4) is 0 Å². The lowest BCUT2D eigenvalue weighted by Crippen LogP contribution is -2.27. The number of hydrogen-bond acceptors (Lipinski definition) is 2. The molecule has 78 valence electrons. The Morgan fingerprint density at radius 1 is 1.64 bits per heavy atom. The molecule has 0 radical (unpaired) electrons. The van der Waals surface area contributed by atoms with Crippen LogP contribution in [0.2, 0.25) is 0 Å². The molecule has 1 N–H and O–H groups in total. The van der Waals surface area contributed by atoms with Gasteiger partial charge in [0.2, 0.25) is 0 Å². The van der Waals surface area contributed by atoms with Crippen molar-refractivity contribution in [1.29, 1.82) is 0 Å². The van der Waals surface area contributed by atoms with Gasteiger partial charge in [-0.2, -0.15) is 0 Å². The first-order valence-electron chi connectivity index (χ1n) is 5.08. The highest BCUT2D eigenvalue weighted by Gasteiger charge is 2.02. The topological polar surface area (TPSA) is 25.2 Å². The summed E-state index contributed by atoms with van der Waals surface area (Å²) < 4.78 is 5.26. The quantitative estimate of drug-likeness (QED) is 0.703. The fourth-order valence-electron chi connectivity index (χ4n) is 1.26. The summed E-state index contributed by atoms with van der Waals surface area (Å²) in [7, 11) is 0. The Kier molecular flexibility index (Phi) is 4.47. The molecule has 0 saturated heterocycles. The Morgan fingerprint density at radius 2 is 2.43 bits per heavy atom. The van der Waals surface area contributed by atoms with Crippen molar-refractivity contribution < 1.29 is 4.42 Å². The van der Waals surface area contributed by atoms with Gasteiger partial charge in [0.15, 0.2) is 0 Å². The van der Waals surface area contributed by atoms with Crippen molar-refractivity contribution in [2.24, 2.45) is 0 Å². The monoisotopic (exact) mass is 193 g/mol. The fraction of sp³-hybridized carbons (Fsp3) is 0.500. The van der Waals surface area contributed by atoms with Gasteiger partial charge in [0, 0.05) is 19.0 Å². The molecule has 1 rings (SSSR count). The number of furan rings is 1. The molecular weight excluding hydrogens is 174 g/mol. The van der Waals surface area contributed by atoms with E-state index in [1.165, 1.54) is 5.57 Å². The van der Waals surface area contributed by atoms with E-state index >= 15 is 0 Å². The van der Waals surface area contributed by atoms with Crippen LogP contribution in [0.25, 0.3) is 0 Å². The predicted molar refractivity (Wildman–Crippen MR) is 59.3 cm³/mol.